The van der Waals surface area contributed by atoms with Gasteiger partial charge in [0.05, 0.1) is 5.57 Å². The number of benzene rings is 1. The SMILES string of the molecule is CCC=C(C(=O)O)C(O)c1ccccc1F. The van der Waals surface area contributed by atoms with Crippen LogP contribution in [-0.2, 0) is 4.79 Å². The first-order chi connectivity index (χ1) is 7.57. The van der Waals surface area contributed by atoms with Gasteiger partial charge in [0, 0.05) is 5.56 Å². The minimum Gasteiger partial charge on any atom is -0.478 e. The molecule has 1 rings (SSSR count). The van der Waals surface area contributed by atoms with Crippen LogP contribution >= 0.6 is 0 Å². The lowest BCUT2D eigenvalue weighted by molar-refractivity contribution is -0.133. The molecule has 0 fully saturated rings. The molecule has 2 N–H and O–H groups in total. The Morgan fingerprint density at radius 3 is 2.62 bits per heavy atom. The molecule has 1 atom stereocenters. The molecule has 1 aromatic rings. The van der Waals surface area contributed by atoms with Crippen molar-refractivity contribution in [2.75, 3.05) is 0 Å². The van der Waals surface area contributed by atoms with Crippen molar-refractivity contribution >= 4 is 5.97 Å². The number of hydrogen-bond acceptors (Lipinski definition) is 2. The third-order valence-electron chi connectivity index (χ3n) is 2.17. The zero-order valence-corrected chi connectivity index (χ0v) is 8.85. The molecule has 0 radical (unpaired) electrons. The smallest absolute Gasteiger partial charge is 0.334 e. The van der Waals surface area contributed by atoms with Crippen molar-refractivity contribution in [1.29, 1.82) is 0 Å². The maximum absolute atomic E-state index is 13.3. The van der Waals surface area contributed by atoms with Crippen LogP contribution in [0.5, 0.6) is 0 Å². The molecule has 4 heteroatoms. The average molecular weight is 224 g/mol. The fourth-order valence-corrected chi connectivity index (χ4v) is 1.40. The minimum absolute atomic E-state index is 0.0235. The minimum atomic E-state index is -1.43. The van der Waals surface area contributed by atoms with E-state index in [2.05, 4.69) is 0 Å². The highest BCUT2D eigenvalue weighted by Crippen LogP contribution is 2.24. The Labute approximate surface area is 92.8 Å². The van der Waals surface area contributed by atoms with Gasteiger partial charge in [0.1, 0.15) is 11.9 Å². The Hall–Kier alpha value is -1.68. The second-order valence-electron chi connectivity index (χ2n) is 3.30. The topological polar surface area (TPSA) is 57.5 Å². The number of carbonyl (C=O) groups is 1. The van der Waals surface area contributed by atoms with E-state index in [0.29, 0.717) is 6.42 Å². The van der Waals surface area contributed by atoms with Gasteiger partial charge in [-0.1, -0.05) is 31.2 Å². The van der Waals surface area contributed by atoms with Crippen LogP contribution in [-0.4, -0.2) is 16.2 Å². The van der Waals surface area contributed by atoms with E-state index in [0.717, 1.165) is 0 Å². The van der Waals surface area contributed by atoms with Crippen molar-refractivity contribution in [3.8, 4) is 0 Å². The molecular weight excluding hydrogens is 211 g/mol. The lowest BCUT2D eigenvalue weighted by atomic mass is 10.0. The highest BCUT2D eigenvalue weighted by molar-refractivity contribution is 5.88. The quantitative estimate of drug-likeness (QED) is 0.771. The van der Waals surface area contributed by atoms with Gasteiger partial charge in [0.25, 0.3) is 0 Å². The summed E-state index contributed by atoms with van der Waals surface area (Å²) in [5, 5.41) is 18.6. The Morgan fingerprint density at radius 2 is 2.12 bits per heavy atom. The van der Waals surface area contributed by atoms with Crippen LogP contribution in [0.3, 0.4) is 0 Å². The van der Waals surface area contributed by atoms with Gasteiger partial charge in [0.2, 0.25) is 0 Å². The Morgan fingerprint density at radius 1 is 1.50 bits per heavy atom. The molecule has 1 aromatic carbocycles. The first kappa shape index (κ1) is 12.4. The lowest BCUT2D eigenvalue weighted by Gasteiger charge is -2.12. The second kappa shape index (κ2) is 5.42. The molecule has 0 aliphatic carbocycles. The number of carboxylic acid groups (broad SMARTS) is 1. The Kier molecular flexibility index (Phi) is 4.19. The third kappa shape index (κ3) is 2.67. The highest BCUT2D eigenvalue weighted by Gasteiger charge is 2.21. The van der Waals surface area contributed by atoms with E-state index in [4.69, 9.17) is 5.11 Å². The molecule has 0 saturated heterocycles. The molecule has 0 aromatic heterocycles. The van der Waals surface area contributed by atoms with E-state index >= 15 is 0 Å². The number of aliphatic hydroxyl groups is 1. The maximum Gasteiger partial charge on any atom is 0.334 e. The predicted octanol–water partition coefficient (Wildman–Crippen LogP) is 2.28. The summed E-state index contributed by atoms with van der Waals surface area (Å²) >= 11 is 0. The van der Waals surface area contributed by atoms with Gasteiger partial charge < -0.3 is 10.2 Å². The predicted molar refractivity (Wildman–Crippen MR) is 57.4 cm³/mol. The first-order valence-electron chi connectivity index (χ1n) is 4.93. The molecule has 0 heterocycles. The summed E-state index contributed by atoms with van der Waals surface area (Å²) in [5.41, 5.74) is -0.225. The van der Waals surface area contributed by atoms with Crippen LogP contribution in [0.15, 0.2) is 35.9 Å². The van der Waals surface area contributed by atoms with Crippen LogP contribution in [0, 0.1) is 5.82 Å². The molecule has 0 amide bonds. The molecule has 0 bridgehead atoms. The van der Waals surface area contributed by atoms with Crippen molar-refractivity contribution in [2.24, 2.45) is 0 Å². The van der Waals surface area contributed by atoms with Crippen LogP contribution in [0.1, 0.15) is 25.0 Å². The number of aliphatic hydroxyl groups excluding tert-OH is 1. The van der Waals surface area contributed by atoms with E-state index in [9.17, 15) is 14.3 Å². The fraction of sp³-hybridized carbons (Fsp3) is 0.250. The van der Waals surface area contributed by atoms with Crippen LogP contribution in [0.2, 0.25) is 0 Å². The van der Waals surface area contributed by atoms with Crippen LogP contribution < -0.4 is 0 Å². The first-order valence-corrected chi connectivity index (χ1v) is 4.93. The maximum atomic E-state index is 13.3. The van der Waals surface area contributed by atoms with Crippen LogP contribution in [0.25, 0.3) is 0 Å². The third-order valence-corrected chi connectivity index (χ3v) is 2.17. The summed E-state index contributed by atoms with van der Waals surface area (Å²) in [6.07, 6.45) is 0.408. The van der Waals surface area contributed by atoms with Crippen molar-refractivity contribution in [3.63, 3.8) is 0 Å². The van der Waals surface area contributed by atoms with Gasteiger partial charge >= 0.3 is 5.97 Å². The molecule has 16 heavy (non-hydrogen) atoms. The van der Waals surface area contributed by atoms with Gasteiger partial charge in [-0.3, -0.25) is 0 Å². The molecule has 0 spiro atoms. The van der Waals surface area contributed by atoms with Gasteiger partial charge in [-0.2, -0.15) is 0 Å². The summed E-state index contributed by atoms with van der Waals surface area (Å²) < 4.78 is 13.3. The zero-order chi connectivity index (χ0) is 12.1. The number of allylic oxidation sites excluding steroid dienone is 1. The fourth-order valence-electron chi connectivity index (χ4n) is 1.40. The van der Waals surface area contributed by atoms with E-state index in [1.54, 1.807) is 13.0 Å². The van der Waals surface area contributed by atoms with Gasteiger partial charge in [-0.25, -0.2) is 9.18 Å². The largest absolute Gasteiger partial charge is 0.478 e. The van der Waals surface area contributed by atoms with E-state index in [1.165, 1.54) is 24.3 Å². The lowest BCUT2D eigenvalue weighted by Crippen LogP contribution is -2.12. The van der Waals surface area contributed by atoms with Crippen LogP contribution in [0.4, 0.5) is 4.39 Å². The molecule has 86 valence electrons. The van der Waals surface area contributed by atoms with E-state index in [-0.39, 0.29) is 11.1 Å². The average Bonchev–Trinajstić information content (AvgIpc) is 2.25. The standard InChI is InChI=1S/C12H13FO3/c1-2-5-9(12(15)16)11(14)8-6-3-4-7-10(8)13/h3-7,11,14H,2H2,1H3,(H,15,16). The Balaban J connectivity index is 3.09. The number of hydrogen-bond donors (Lipinski definition) is 2. The molecular formula is C12H13FO3. The summed E-state index contributed by atoms with van der Waals surface area (Å²) in [5.74, 6) is -1.85. The van der Waals surface area contributed by atoms with Crippen molar-refractivity contribution in [1.82, 2.24) is 0 Å². The normalized spacial score (nSPS) is 13.6. The number of aliphatic carboxylic acids is 1. The molecule has 0 aliphatic heterocycles. The molecule has 1 unspecified atom stereocenters. The highest BCUT2D eigenvalue weighted by atomic mass is 19.1. The summed E-state index contributed by atoms with van der Waals surface area (Å²) in [6, 6.07) is 5.58. The van der Waals surface area contributed by atoms with Gasteiger partial charge in [-0.15, -0.1) is 0 Å². The van der Waals surface area contributed by atoms with Gasteiger partial charge in [-0.05, 0) is 12.5 Å². The number of carboxylic acids is 1. The number of halogens is 1. The van der Waals surface area contributed by atoms with Crippen molar-refractivity contribution in [3.05, 3.63) is 47.3 Å². The van der Waals surface area contributed by atoms with E-state index < -0.39 is 17.9 Å². The second-order valence-corrected chi connectivity index (χ2v) is 3.30. The summed E-state index contributed by atoms with van der Waals surface area (Å²) in [6.45, 7) is 1.75. The molecule has 3 nitrogen and oxygen atoms in total. The monoisotopic (exact) mass is 224 g/mol. The molecule has 0 saturated carbocycles. The Bertz CT molecular complexity index is 412. The van der Waals surface area contributed by atoms with E-state index in [1.807, 2.05) is 0 Å². The summed E-state index contributed by atoms with van der Waals surface area (Å²) in [4.78, 5) is 10.9. The molecule has 0 aliphatic rings. The van der Waals surface area contributed by atoms with Crippen molar-refractivity contribution in [2.45, 2.75) is 19.4 Å². The summed E-state index contributed by atoms with van der Waals surface area (Å²) in [7, 11) is 0. The number of rotatable bonds is 4. The zero-order valence-electron chi connectivity index (χ0n) is 8.85. The van der Waals surface area contributed by atoms with Crippen molar-refractivity contribution < 1.29 is 19.4 Å². The van der Waals surface area contributed by atoms with Gasteiger partial charge in [0.15, 0.2) is 0 Å².